The van der Waals surface area contributed by atoms with Gasteiger partial charge in [-0.3, -0.25) is 14.9 Å². The number of nitro groups is 1. The second-order valence-corrected chi connectivity index (χ2v) is 3.90. The van der Waals surface area contributed by atoms with Gasteiger partial charge in [0.1, 0.15) is 0 Å². The number of carbonyl (C=O) groups excluding carboxylic acids is 1. The molecule has 0 bridgehead atoms. The number of carbonyl (C=O) groups is 1. The fraction of sp³-hybridized carbons (Fsp3) is 0.364. The largest absolute Gasteiger partial charge is 0.368 e. The number of amides is 1. The lowest BCUT2D eigenvalue weighted by Crippen LogP contribution is -2.45. The summed E-state index contributed by atoms with van der Waals surface area (Å²) in [6.07, 6.45) is 0.854. The van der Waals surface area contributed by atoms with Crippen LogP contribution < -0.4 is 4.90 Å². The van der Waals surface area contributed by atoms with Gasteiger partial charge in [-0.25, -0.2) is 0 Å². The molecule has 0 saturated carbocycles. The molecule has 2 rings (SSSR count). The van der Waals surface area contributed by atoms with Gasteiger partial charge < -0.3 is 9.80 Å². The first-order chi connectivity index (χ1) is 8.20. The Morgan fingerprint density at radius 1 is 1.12 bits per heavy atom. The Morgan fingerprint density at radius 2 is 1.71 bits per heavy atom. The van der Waals surface area contributed by atoms with Crippen LogP contribution in [0.1, 0.15) is 0 Å². The smallest absolute Gasteiger partial charge is 0.269 e. The second-order valence-electron chi connectivity index (χ2n) is 3.90. The van der Waals surface area contributed by atoms with Gasteiger partial charge in [0.25, 0.3) is 5.69 Å². The first-order valence-electron chi connectivity index (χ1n) is 5.39. The van der Waals surface area contributed by atoms with Crippen molar-refractivity contribution in [3.05, 3.63) is 34.4 Å². The van der Waals surface area contributed by atoms with Gasteiger partial charge in [-0.15, -0.1) is 0 Å². The molecule has 0 atom stereocenters. The third-order valence-electron chi connectivity index (χ3n) is 2.89. The molecule has 0 aromatic heterocycles. The normalized spacial score (nSPS) is 15.8. The van der Waals surface area contributed by atoms with E-state index in [1.54, 1.807) is 17.0 Å². The highest BCUT2D eigenvalue weighted by atomic mass is 16.6. The zero-order chi connectivity index (χ0) is 12.3. The average molecular weight is 235 g/mol. The molecule has 6 heteroatoms. The van der Waals surface area contributed by atoms with E-state index in [1.165, 1.54) is 12.1 Å². The monoisotopic (exact) mass is 235 g/mol. The molecule has 0 spiro atoms. The number of nitrogens with zero attached hydrogens (tertiary/aromatic N) is 3. The lowest BCUT2D eigenvalue weighted by Gasteiger charge is -2.34. The van der Waals surface area contributed by atoms with Gasteiger partial charge in [0.15, 0.2) is 0 Å². The molecule has 1 aliphatic heterocycles. The minimum atomic E-state index is -0.409. The number of anilines is 1. The Labute approximate surface area is 98.6 Å². The molecule has 0 N–H and O–H groups in total. The number of benzene rings is 1. The van der Waals surface area contributed by atoms with E-state index in [0.29, 0.717) is 13.1 Å². The molecule has 0 unspecified atom stereocenters. The summed E-state index contributed by atoms with van der Waals surface area (Å²) >= 11 is 0. The van der Waals surface area contributed by atoms with Gasteiger partial charge in [-0.05, 0) is 12.1 Å². The van der Waals surface area contributed by atoms with Crippen molar-refractivity contribution in [2.75, 3.05) is 31.1 Å². The molecule has 1 aliphatic rings. The van der Waals surface area contributed by atoms with Crippen LogP contribution in [0.5, 0.6) is 0 Å². The highest BCUT2D eigenvalue weighted by molar-refractivity contribution is 5.53. The predicted molar refractivity (Wildman–Crippen MR) is 62.9 cm³/mol. The third-order valence-corrected chi connectivity index (χ3v) is 2.89. The number of nitro benzene ring substituents is 1. The van der Waals surface area contributed by atoms with Crippen LogP contribution >= 0.6 is 0 Å². The molecule has 1 aromatic carbocycles. The molecule has 1 heterocycles. The van der Waals surface area contributed by atoms with Crippen LogP contribution in [-0.2, 0) is 4.79 Å². The Hall–Kier alpha value is -2.11. The van der Waals surface area contributed by atoms with Crippen LogP contribution in [0.2, 0.25) is 0 Å². The standard InChI is InChI=1S/C11H13N3O3/c15-9-12-5-7-13(8-6-12)10-1-3-11(4-2-10)14(16)17/h1-4,9H,5-8H2. The van der Waals surface area contributed by atoms with Crippen LogP contribution in [0.15, 0.2) is 24.3 Å². The summed E-state index contributed by atoms with van der Waals surface area (Å²) in [6, 6.07) is 6.49. The molecule has 1 aromatic rings. The van der Waals surface area contributed by atoms with Gasteiger partial charge in [0.05, 0.1) is 4.92 Å². The first-order valence-corrected chi connectivity index (χ1v) is 5.39. The molecule has 1 fully saturated rings. The second kappa shape index (κ2) is 4.82. The SMILES string of the molecule is O=CN1CCN(c2ccc([N+](=O)[O-])cc2)CC1. The summed E-state index contributed by atoms with van der Waals surface area (Å²) in [5.74, 6) is 0. The van der Waals surface area contributed by atoms with Crippen molar-refractivity contribution in [2.45, 2.75) is 0 Å². The first kappa shape index (κ1) is 11.4. The van der Waals surface area contributed by atoms with Crippen molar-refractivity contribution in [1.82, 2.24) is 4.90 Å². The fourth-order valence-electron chi connectivity index (χ4n) is 1.87. The van der Waals surface area contributed by atoms with Crippen molar-refractivity contribution in [3.8, 4) is 0 Å². The van der Waals surface area contributed by atoms with Crippen LogP contribution in [0.4, 0.5) is 11.4 Å². The average Bonchev–Trinajstić information content (AvgIpc) is 2.39. The maximum atomic E-state index is 10.6. The van der Waals surface area contributed by atoms with Gasteiger partial charge in [0.2, 0.25) is 6.41 Å². The quantitative estimate of drug-likeness (QED) is 0.443. The molecule has 0 radical (unpaired) electrons. The van der Waals surface area contributed by atoms with Gasteiger partial charge >= 0.3 is 0 Å². The molecule has 1 amide bonds. The number of hydrogen-bond acceptors (Lipinski definition) is 4. The number of rotatable bonds is 3. The van der Waals surface area contributed by atoms with Crippen LogP contribution in [0, 0.1) is 10.1 Å². The van der Waals surface area contributed by atoms with E-state index in [2.05, 4.69) is 4.90 Å². The molecule has 1 saturated heterocycles. The predicted octanol–water partition coefficient (Wildman–Crippen LogP) is 0.873. The molecule has 17 heavy (non-hydrogen) atoms. The van der Waals surface area contributed by atoms with Crippen LogP contribution in [0.3, 0.4) is 0 Å². The van der Waals surface area contributed by atoms with Crippen molar-refractivity contribution >= 4 is 17.8 Å². The maximum Gasteiger partial charge on any atom is 0.269 e. The number of piperazine rings is 1. The van der Waals surface area contributed by atoms with E-state index < -0.39 is 4.92 Å². The third kappa shape index (κ3) is 2.52. The summed E-state index contributed by atoms with van der Waals surface area (Å²) in [5, 5.41) is 10.5. The van der Waals surface area contributed by atoms with E-state index in [9.17, 15) is 14.9 Å². The summed E-state index contributed by atoms with van der Waals surface area (Å²) in [5.41, 5.74) is 1.06. The van der Waals surface area contributed by atoms with E-state index in [4.69, 9.17) is 0 Å². The lowest BCUT2D eigenvalue weighted by atomic mass is 10.2. The zero-order valence-electron chi connectivity index (χ0n) is 9.28. The molecular weight excluding hydrogens is 222 g/mol. The highest BCUT2D eigenvalue weighted by Gasteiger charge is 2.16. The Bertz CT molecular complexity index is 410. The van der Waals surface area contributed by atoms with Gasteiger partial charge in [-0.1, -0.05) is 0 Å². The lowest BCUT2D eigenvalue weighted by molar-refractivity contribution is -0.384. The summed E-state index contributed by atoms with van der Waals surface area (Å²) < 4.78 is 0. The summed E-state index contributed by atoms with van der Waals surface area (Å²) in [4.78, 5) is 24.5. The maximum absolute atomic E-state index is 10.6. The minimum Gasteiger partial charge on any atom is -0.368 e. The Morgan fingerprint density at radius 3 is 2.18 bits per heavy atom. The van der Waals surface area contributed by atoms with E-state index in [0.717, 1.165) is 25.2 Å². The van der Waals surface area contributed by atoms with Crippen LogP contribution in [0.25, 0.3) is 0 Å². The van der Waals surface area contributed by atoms with E-state index >= 15 is 0 Å². The zero-order valence-corrected chi connectivity index (χ0v) is 9.28. The minimum absolute atomic E-state index is 0.0975. The number of non-ortho nitro benzene ring substituents is 1. The van der Waals surface area contributed by atoms with Crippen LogP contribution in [-0.4, -0.2) is 42.4 Å². The highest BCUT2D eigenvalue weighted by Crippen LogP contribution is 2.20. The molecular formula is C11H13N3O3. The Kier molecular flexibility index (Phi) is 3.22. The topological polar surface area (TPSA) is 66.7 Å². The Balaban J connectivity index is 2.03. The van der Waals surface area contributed by atoms with Crippen molar-refractivity contribution in [2.24, 2.45) is 0 Å². The van der Waals surface area contributed by atoms with Crippen molar-refractivity contribution in [1.29, 1.82) is 0 Å². The van der Waals surface area contributed by atoms with E-state index in [1.807, 2.05) is 0 Å². The summed E-state index contributed by atoms with van der Waals surface area (Å²) in [7, 11) is 0. The molecule has 0 aliphatic carbocycles. The molecule has 6 nitrogen and oxygen atoms in total. The summed E-state index contributed by atoms with van der Waals surface area (Å²) in [6.45, 7) is 2.91. The van der Waals surface area contributed by atoms with Crippen molar-refractivity contribution in [3.63, 3.8) is 0 Å². The fourth-order valence-corrected chi connectivity index (χ4v) is 1.87. The van der Waals surface area contributed by atoms with Crippen molar-refractivity contribution < 1.29 is 9.72 Å². The molecule has 90 valence electrons. The van der Waals surface area contributed by atoms with E-state index in [-0.39, 0.29) is 5.69 Å². The number of hydrogen-bond donors (Lipinski definition) is 0. The van der Waals surface area contributed by atoms with Gasteiger partial charge in [-0.2, -0.15) is 0 Å². The van der Waals surface area contributed by atoms with Gasteiger partial charge in [0, 0.05) is 44.0 Å².